The van der Waals surface area contributed by atoms with E-state index in [1.54, 1.807) is 31.2 Å². The van der Waals surface area contributed by atoms with Crippen molar-refractivity contribution >= 4 is 21.0 Å². The molecule has 6 aromatic rings. The maximum absolute atomic E-state index is 16.3. The average molecular weight is 638 g/mol. The first-order valence-electron chi connectivity index (χ1n) is 15.0. The first kappa shape index (κ1) is 31.2. The van der Waals surface area contributed by atoms with Crippen LogP contribution in [0.4, 0.5) is 8.78 Å². The molecule has 5 nitrogen and oxygen atoms in total. The number of fused-ring (bicyclic) bond motifs is 1. The van der Waals surface area contributed by atoms with Crippen LogP contribution in [-0.4, -0.2) is 19.6 Å². The molecule has 0 saturated heterocycles. The van der Waals surface area contributed by atoms with Crippen LogP contribution in [0.2, 0.25) is 0 Å². The van der Waals surface area contributed by atoms with Crippen molar-refractivity contribution in [1.29, 1.82) is 0 Å². The second-order valence-corrected chi connectivity index (χ2v) is 12.9. The number of halogens is 2. The first-order valence-corrected chi connectivity index (χ1v) is 16.4. The maximum Gasteiger partial charge on any atom is 0.296 e. The second kappa shape index (κ2) is 13.3. The summed E-state index contributed by atoms with van der Waals surface area (Å²) < 4.78 is 68.6. The third-order valence-electron chi connectivity index (χ3n) is 7.97. The standard InChI is InChI=1S/C38H33F2NO4S/c1-26-8-16-33(17-9-26)46(42,43)45-21-20-28-10-12-29(13-11-28)24-41-36-19-15-32(44-25-30-6-4-3-5-7-30)23-35(36)37(40)38(41)34-18-14-31(39)22-27(34)2/h3-19,22-23H,20-21,24-25H2,1-2H3. The van der Waals surface area contributed by atoms with E-state index in [-0.39, 0.29) is 17.3 Å². The number of benzene rings is 5. The lowest BCUT2D eigenvalue weighted by atomic mass is 10.0. The van der Waals surface area contributed by atoms with Crippen LogP contribution in [0, 0.1) is 25.5 Å². The van der Waals surface area contributed by atoms with E-state index >= 15 is 4.39 Å². The van der Waals surface area contributed by atoms with E-state index in [9.17, 15) is 12.8 Å². The van der Waals surface area contributed by atoms with Crippen LogP contribution in [0.1, 0.15) is 27.8 Å². The second-order valence-electron chi connectivity index (χ2n) is 11.3. The molecule has 234 valence electrons. The molecular weight excluding hydrogens is 604 g/mol. The smallest absolute Gasteiger partial charge is 0.296 e. The number of hydrogen-bond donors (Lipinski definition) is 0. The van der Waals surface area contributed by atoms with Gasteiger partial charge in [0.25, 0.3) is 10.1 Å². The zero-order chi connectivity index (χ0) is 32.3. The van der Waals surface area contributed by atoms with Gasteiger partial charge in [-0.25, -0.2) is 8.78 Å². The molecule has 0 aliphatic heterocycles. The molecular formula is C38H33F2NO4S. The lowest BCUT2D eigenvalue weighted by Crippen LogP contribution is -2.09. The molecule has 0 aliphatic carbocycles. The predicted molar refractivity (Wildman–Crippen MR) is 176 cm³/mol. The van der Waals surface area contributed by atoms with Gasteiger partial charge in [-0.05, 0) is 91.1 Å². The van der Waals surface area contributed by atoms with Gasteiger partial charge in [-0.1, -0.05) is 72.3 Å². The van der Waals surface area contributed by atoms with Gasteiger partial charge < -0.3 is 9.30 Å². The molecule has 0 aliphatic rings. The van der Waals surface area contributed by atoms with E-state index in [0.29, 0.717) is 53.0 Å². The summed E-state index contributed by atoms with van der Waals surface area (Å²) in [6.07, 6.45) is 0.401. The SMILES string of the molecule is Cc1ccc(S(=O)(=O)OCCc2ccc(Cn3c(-c4ccc(F)cc4C)c(F)c4cc(OCc5ccccc5)ccc43)cc2)cc1. The van der Waals surface area contributed by atoms with Crippen molar-refractivity contribution in [2.75, 3.05) is 6.61 Å². The van der Waals surface area contributed by atoms with Crippen LogP contribution < -0.4 is 4.74 Å². The summed E-state index contributed by atoms with van der Waals surface area (Å²) in [7, 11) is -3.84. The average Bonchev–Trinajstić information content (AvgIpc) is 3.31. The van der Waals surface area contributed by atoms with Gasteiger partial charge in [0.1, 0.15) is 18.2 Å². The highest BCUT2D eigenvalue weighted by Crippen LogP contribution is 2.37. The third-order valence-corrected chi connectivity index (χ3v) is 9.29. The highest BCUT2D eigenvalue weighted by molar-refractivity contribution is 7.86. The van der Waals surface area contributed by atoms with Gasteiger partial charge in [-0.15, -0.1) is 0 Å². The summed E-state index contributed by atoms with van der Waals surface area (Å²) in [6, 6.07) is 33.7. The van der Waals surface area contributed by atoms with Crippen LogP contribution in [-0.2, 0) is 33.9 Å². The Bertz CT molecular complexity index is 2090. The van der Waals surface area contributed by atoms with Crippen LogP contribution in [0.5, 0.6) is 5.75 Å². The normalized spacial score (nSPS) is 11.7. The van der Waals surface area contributed by atoms with Gasteiger partial charge in [-0.3, -0.25) is 4.18 Å². The zero-order valence-electron chi connectivity index (χ0n) is 25.5. The fourth-order valence-electron chi connectivity index (χ4n) is 5.48. The van der Waals surface area contributed by atoms with E-state index in [0.717, 1.165) is 22.3 Å². The fourth-order valence-corrected chi connectivity index (χ4v) is 6.39. The minimum absolute atomic E-state index is 0.00563. The Kier molecular flexibility index (Phi) is 9.01. The molecule has 0 saturated carbocycles. The molecule has 0 fully saturated rings. The summed E-state index contributed by atoms with van der Waals surface area (Å²) in [5, 5.41) is 0.410. The molecule has 0 spiro atoms. The number of ether oxygens (including phenoxy) is 1. The molecule has 8 heteroatoms. The molecule has 0 bridgehead atoms. The third kappa shape index (κ3) is 6.88. The van der Waals surface area contributed by atoms with E-state index in [4.69, 9.17) is 8.92 Å². The Balaban J connectivity index is 1.24. The Labute approximate surface area is 267 Å². The topological polar surface area (TPSA) is 57.5 Å². The van der Waals surface area contributed by atoms with Crippen molar-refractivity contribution in [1.82, 2.24) is 4.57 Å². The number of aryl methyl sites for hydroxylation is 2. The monoisotopic (exact) mass is 637 g/mol. The molecule has 46 heavy (non-hydrogen) atoms. The molecule has 5 aromatic carbocycles. The Morgan fingerprint density at radius 1 is 0.739 bits per heavy atom. The van der Waals surface area contributed by atoms with Gasteiger partial charge in [0, 0.05) is 17.5 Å². The Morgan fingerprint density at radius 2 is 1.46 bits per heavy atom. The van der Waals surface area contributed by atoms with E-state index in [1.807, 2.05) is 78.2 Å². The Morgan fingerprint density at radius 3 is 2.17 bits per heavy atom. The van der Waals surface area contributed by atoms with Gasteiger partial charge >= 0.3 is 0 Å². The summed E-state index contributed by atoms with van der Waals surface area (Å²) in [4.78, 5) is 0.127. The summed E-state index contributed by atoms with van der Waals surface area (Å²) in [5.74, 6) is -0.240. The summed E-state index contributed by atoms with van der Waals surface area (Å²) >= 11 is 0. The highest BCUT2D eigenvalue weighted by atomic mass is 32.2. The lowest BCUT2D eigenvalue weighted by Gasteiger charge is -2.14. The largest absolute Gasteiger partial charge is 0.489 e. The molecule has 6 rings (SSSR count). The summed E-state index contributed by atoms with van der Waals surface area (Å²) in [5.41, 5.74) is 6.07. The van der Waals surface area contributed by atoms with Crippen molar-refractivity contribution in [2.45, 2.75) is 38.3 Å². The van der Waals surface area contributed by atoms with E-state index in [2.05, 4.69) is 0 Å². The van der Waals surface area contributed by atoms with Crippen LogP contribution >= 0.6 is 0 Å². The predicted octanol–water partition coefficient (Wildman–Crippen LogP) is 8.78. The molecule has 1 heterocycles. The Hall–Kier alpha value is -4.79. The number of hydrogen-bond acceptors (Lipinski definition) is 4. The quantitative estimate of drug-likeness (QED) is 0.133. The van der Waals surface area contributed by atoms with E-state index < -0.39 is 15.9 Å². The zero-order valence-corrected chi connectivity index (χ0v) is 26.4. The van der Waals surface area contributed by atoms with Crippen molar-refractivity contribution in [3.8, 4) is 17.0 Å². The molecule has 0 amide bonds. The fraction of sp³-hybridized carbons (Fsp3) is 0.158. The van der Waals surface area contributed by atoms with Crippen molar-refractivity contribution in [3.63, 3.8) is 0 Å². The number of aromatic nitrogens is 1. The maximum atomic E-state index is 16.3. The van der Waals surface area contributed by atoms with Gasteiger partial charge in [0.2, 0.25) is 0 Å². The number of rotatable bonds is 11. The van der Waals surface area contributed by atoms with Gasteiger partial charge in [0.15, 0.2) is 5.82 Å². The van der Waals surface area contributed by atoms with Crippen LogP contribution in [0.25, 0.3) is 22.2 Å². The van der Waals surface area contributed by atoms with Gasteiger partial charge in [0.05, 0.1) is 22.7 Å². The number of nitrogens with zero attached hydrogens (tertiary/aromatic N) is 1. The lowest BCUT2D eigenvalue weighted by molar-refractivity contribution is 0.306. The molecule has 0 N–H and O–H groups in total. The molecule has 0 radical (unpaired) electrons. The first-order chi connectivity index (χ1) is 22.2. The molecule has 0 unspecified atom stereocenters. The highest BCUT2D eigenvalue weighted by Gasteiger charge is 2.22. The minimum atomic E-state index is -3.84. The minimum Gasteiger partial charge on any atom is -0.489 e. The van der Waals surface area contributed by atoms with E-state index in [1.165, 1.54) is 24.3 Å². The molecule has 1 aromatic heterocycles. The molecule has 0 atom stereocenters. The van der Waals surface area contributed by atoms with Crippen LogP contribution in [0.3, 0.4) is 0 Å². The van der Waals surface area contributed by atoms with Crippen molar-refractivity contribution < 1.29 is 26.1 Å². The van der Waals surface area contributed by atoms with Crippen LogP contribution in [0.15, 0.2) is 120 Å². The van der Waals surface area contributed by atoms with Crippen molar-refractivity contribution in [3.05, 3.63) is 155 Å². The van der Waals surface area contributed by atoms with Gasteiger partial charge in [-0.2, -0.15) is 8.42 Å². The van der Waals surface area contributed by atoms with Crippen molar-refractivity contribution in [2.24, 2.45) is 0 Å². The summed E-state index contributed by atoms with van der Waals surface area (Å²) in [6.45, 7) is 4.37.